The van der Waals surface area contributed by atoms with Crippen LogP contribution in [0.5, 0.6) is 11.5 Å². The molecular weight excluding hydrogens is 522 g/mol. The number of carbonyl (C=O) groups excluding carboxylic acids is 2. The number of carboxylic acid groups (broad SMARTS) is 1. The molecule has 1 fully saturated rings. The second-order valence-corrected chi connectivity index (χ2v) is 11.3. The molecule has 2 aromatic carbocycles. The van der Waals surface area contributed by atoms with E-state index in [1.54, 1.807) is 4.90 Å². The molecule has 0 aliphatic carbocycles. The number of rotatable bonds is 13. The molecule has 0 radical (unpaired) electrons. The number of carbonyl (C=O) groups is 3. The van der Waals surface area contributed by atoms with Gasteiger partial charge in [0.25, 0.3) is 0 Å². The van der Waals surface area contributed by atoms with Crippen molar-refractivity contribution in [3.63, 3.8) is 0 Å². The number of anilines is 1. The number of aliphatic carboxylic acids is 1. The predicted octanol–water partition coefficient (Wildman–Crippen LogP) is 4.29. The van der Waals surface area contributed by atoms with Gasteiger partial charge in [-0.15, -0.1) is 0 Å². The molecule has 2 amide bonds. The van der Waals surface area contributed by atoms with E-state index in [2.05, 4.69) is 13.8 Å². The molecule has 5 rings (SSSR count). The molecule has 3 heterocycles. The fourth-order valence-corrected chi connectivity index (χ4v) is 6.49. The summed E-state index contributed by atoms with van der Waals surface area (Å²) in [5.41, 5.74) is 2.74. The summed E-state index contributed by atoms with van der Waals surface area (Å²) in [7, 11) is 0. The van der Waals surface area contributed by atoms with E-state index < -0.39 is 17.9 Å². The van der Waals surface area contributed by atoms with Gasteiger partial charge in [-0.25, -0.2) is 0 Å². The average Bonchev–Trinajstić information content (AvgIpc) is 3.66. The summed E-state index contributed by atoms with van der Waals surface area (Å²) in [4.78, 5) is 45.2. The number of amides is 2. The molecule has 2 aromatic rings. The van der Waals surface area contributed by atoms with Crippen molar-refractivity contribution in [3.8, 4) is 11.5 Å². The van der Waals surface area contributed by atoms with Gasteiger partial charge in [-0.1, -0.05) is 51.0 Å². The first-order valence-corrected chi connectivity index (χ1v) is 14.9. The van der Waals surface area contributed by atoms with Gasteiger partial charge in [0.15, 0.2) is 11.5 Å². The molecule has 0 aromatic heterocycles. The summed E-state index contributed by atoms with van der Waals surface area (Å²) >= 11 is 0. The van der Waals surface area contributed by atoms with E-state index in [4.69, 9.17) is 9.47 Å². The first-order chi connectivity index (χ1) is 19.9. The average molecular weight is 564 g/mol. The third-order valence-electron chi connectivity index (χ3n) is 8.69. The van der Waals surface area contributed by atoms with E-state index in [1.807, 2.05) is 52.3 Å². The molecule has 0 spiro atoms. The molecule has 0 bridgehead atoms. The number of benzene rings is 2. The number of fused-ring (bicyclic) bond motifs is 2. The third kappa shape index (κ3) is 6.20. The van der Waals surface area contributed by atoms with Crippen LogP contribution >= 0.6 is 0 Å². The van der Waals surface area contributed by atoms with Gasteiger partial charge in [-0.05, 0) is 48.6 Å². The highest BCUT2D eigenvalue weighted by Crippen LogP contribution is 2.43. The van der Waals surface area contributed by atoms with Crippen LogP contribution in [0.1, 0.15) is 63.0 Å². The highest BCUT2D eigenvalue weighted by molar-refractivity contribution is 6.01. The van der Waals surface area contributed by atoms with E-state index >= 15 is 0 Å². The summed E-state index contributed by atoms with van der Waals surface area (Å²) in [6.07, 6.45) is 4.69. The molecule has 9 heteroatoms. The summed E-state index contributed by atoms with van der Waals surface area (Å²) in [5.74, 6) is -0.643. The quantitative estimate of drug-likeness (QED) is 0.388. The van der Waals surface area contributed by atoms with Gasteiger partial charge < -0.3 is 24.4 Å². The largest absolute Gasteiger partial charge is 0.481 e. The maximum Gasteiger partial charge on any atom is 0.308 e. The molecule has 9 nitrogen and oxygen atoms in total. The number of nitrogens with zero attached hydrogens (tertiary/aromatic N) is 3. The molecule has 3 aliphatic rings. The van der Waals surface area contributed by atoms with Crippen molar-refractivity contribution in [1.82, 2.24) is 9.80 Å². The summed E-state index contributed by atoms with van der Waals surface area (Å²) in [6, 6.07) is 13.0. The summed E-state index contributed by atoms with van der Waals surface area (Å²) in [5, 5.41) is 10.5. The minimum atomic E-state index is -0.894. The van der Waals surface area contributed by atoms with E-state index in [0.717, 1.165) is 42.5 Å². The van der Waals surface area contributed by atoms with Crippen LogP contribution in [0.2, 0.25) is 0 Å². The number of hydrogen-bond donors (Lipinski definition) is 1. The first-order valence-electron chi connectivity index (χ1n) is 14.9. The SMILES string of the molecule is CCCCN(CCCC)C(=O)CN1C[C@H](c2ccc3c(c2)OCO3)[C@@H](C(=O)O)[C@@H]1CCN1C(=O)Cc2ccccc21. The fourth-order valence-electron chi connectivity index (χ4n) is 6.49. The zero-order valence-electron chi connectivity index (χ0n) is 24.1. The lowest BCUT2D eigenvalue weighted by Crippen LogP contribution is -2.46. The Morgan fingerprint density at radius 2 is 1.76 bits per heavy atom. The van der Waals surface area contributed by atoms with Crippen molar-refractivity contribution >= 4 is 23.5 Å². The van der Waals surface area contributed by atoms with Gasteiger partial charge in [0, 0.05) is 43.8 Å². The van der Waals surface area contributed by atoms with Crippen molar-refractivity contribution in [2.75, 3.05) is 44.4 Å². The Balaban J connectivity index is 1.41. The predicted molar refractivity (Wildman–Crippen MR) is 155 cm³/mol. The number of likely N-dealkylation sites (tertiary alicyclic amines) is 1. The lowest BCUT2D eigenvalue weighted by atomic mass is 9.84. The number of para-hydroxylation sites is 1. The smallest absolute Gasteiger partial charge is 0.308 e. The van der Waals surface area contributed by atoms with Crippen LogP contribution in [0.25, 0.3) is 0 Å². The first kappa shape index (κ1) is 28.9. The van der Waals surface area contributed by atoms with Gasteiger partial charge in [-0.2, -0.15) is 0 Å². The summed E-state index contributed by atoms with van der Waals surface area (Å²) in [6.45, 7) is 6.79. The van der Waals surface area contributed by atoms with Crippen LogP contribution in [0.15, 0.2) is 42.5 Å². The standard InChI is InChI=1S/C32H41N3O6/c1-3-5-14-33(15-6-4-2)30(37)20-34-19-24(22-11-12-27-28(17-22)41-21-40-27)31(32(38)39)26(34)13-16-35-25-10-8-7-9-23(25)18-29(35)36/h7-12,17,24,26,31H,3-6,13-16,18-21H2,1-2H3,(H,38,39)/t24-,26+,31-/m1/s1. The van der Waals surface area contributed by atoms with Gasteiger partial charge in [0.1, 0.15) is 0 Å². The van der Waals surface area contributed by atoms with E-state index in [1.165, 1.54) is 0 Å². The van der Waals surface area contributed by atoms with Crippen LogP contribution in [0, 0.1) is 5.92 Å². The third-order valence-corrected chi connectivity index (χ3v) is 8.69. The summed E-state index contributed by atoms with van der Waals surface area (Å²) < 4.78 is 11.1. The molecule has 220 valence electrons. The number of ether oxygens (including phenoxy) is 2. The van der Waals surface area contributed by atoms with Crippen LogP contribution in [-0.4, -0.2) is 78.2 Å². The van der Waals surface area contributed by atoms with Crippen LogP contribution < -0.4 is 14.4 Å². The molecule has 1 saturated heterocycles. The highest BCUT2D eigenvalue weighted by Gasteiger charge is 2.47. The topological polar surface area (TPSA) is 99.6 Å². The maximum absolute atomic E-state index is 13.6. The zero-order valence-corrected chi connectivity index (χ0v) is 24.1. The minimum absolute atomic E-state index is 0.0244. The van der Waals surface area contributed by atoms with Crippen LogP contribution in [0.4, 0.5) is 5.69 Å². The van der Waals surface area contributed by atoms with Crippen LogP contribution in [0.3, 0.4) is 0 Å². The molecule has 1 N–H and O–H groups in total. The van der Waals surface area contributed by atoms with E-state index in [-0.39, 0.29) is 31.1 Å². The second-order valence-electron chi connectivity index (χ2n) is 11.3. The number of carboxylic acids is 1. The van der Waals surface area contributed by atoms with Crippen molar-refractivity contribution in [1.29, 1.82) is 0 Å². The normalized spacial score (nSPS) is 21.4. The highest BCUT2D eigenvalue weighted by atomic mass is 16.7. The Labute approximate surface area is 242 Å². The Hall–Kier alpha value is -3.59. The number of unbranched alkanes of at least 4 members (excludes halogenated alkanes) is 2. The van der Waals surface area contributed by atoms with Crippen molar-refractivity contribution in [2.45, 2.75) is 64.3 Å². The molecule has 0 saturated carbocycles. The fraction of sp³-hybridized carbons (Fsp3) is 0.531. The minimum Gasteiger partial charge on any atom is -0.481 e. The molecule has 3 atom stereocenters. The second kappa shape index (κ2) is 12.9. The van der Waals surface area contributed by atoms with Gasteiger partial charge >= 0.3 is 5.97 Å². The van der Waals surface area contributed by atoms with Crippen molar-refractivity contribution in [2.24, 2.45) is 5.92 Å². The number of hydrogen-bond acceptors (Lipinski definition) is 6. The van der Waals surface area contributed by atoms with Crippen molar-refractivity contribution < 1.29 is 29.0 Å². The molecule has 0 unspecified atom stereocenters. The lowest BCUT2D eigenvalue weighted by Gasteiger charge is -2.31. The Morgan fingerprint density at radius 1 is 1.02 bits per heavy atom. The van der Waals surface area contributed by atoms with Crippen molar-refractivity contribution in [3.05, 3.63) is 53.6 Å². The molecule has 41 heavy (non-hydrogen) atoms. The van der Waals surface area contributed by atoms with E-state index in [0.29, 0.717) is 50.5 Å². The Kier molecular flexibility index (Phi) is 9.12. The van der Waals surface area contributed by atoms with Gasteiger partial charge in [-0.3, -0.25) is 19.3 Å². The lowest BCUT2D eigenvalue weighted by molar-refractivity contribution is -0.143. The Bertz CT molecular complexity index is 1260. The zero-order chi connectivity index (χ0) is 28.9. The molecule has 3 aliphatic heterocycles. The van der Waals surface area contributed by atoms with Crippen LogP contribution in [-0.2, 0) is 20.8 Å². The monoisotopic (exact) mass is 563 g/mol. The van der Waals surface area contributed by atoms with E-state index in [9.17, 15) is 19.5 Å². The Morgan fingerprint density at radius 3 is 2.49 bits per heavy atom. The van der Waals surface area contributed by atoms with Gasteiger partial charge in [0.2, 0.25) is 18.6 Å². The van der Waals surface area contributed by atoms with Gasteiger partial charge in [0.05, 0.1) is 18.9 Å². The molecular formula is C32H41N3O6. The maximum atomic E-state index is 13.6.